The van der Waals surface area contributed by atoms with E-state index in [2.05, 4.69) is 15.7 Å². The van der Waals surface area contributed by atoms with Gasteiger partial charge in [-0.25, -0.2) is 4.39 Å². The van der Waals surface area contributed by atoms with E-state index in [1.54, 1.807) is 35.0 Å². The van der Waals surface area contributed by atoms with E-state index >= 15 is 0 Å². The molecule has 0 aliphatic rings. The highest BCUT2D eigenvalue weighted by molar-refractivity contribution is 6.35. The Morgan fingerprint density at radius 1 is 1.19 bits per heavy atom. The zero-order valence-electron chi connectivity index (χ0n) is 18.2. The van der Waals surface area contributed by atoms with Gasteiger partial charge < -0.3 is 15.7 Å². The topological polar surface area (TPSA) is 96.2 Å². The smallest absolute Gasteiger partial charge is 0.273 e. The Balaban J connectivity index is 1.97. The number of carbonyl (C=O) groups excluding carboxylic acids is 2. The van der Waals surface area contributed by atoms with Gasteiger partial charge in [-0.3, -0.25) is 14.3 Å². The van der Waals surface area contributed by atoms with E-state index in [1.807, 2.05) is 20.8 Å². The number of carbonyl (C=O) groups is 2. The number of aliphatic hydroxyl groups is 1. The van der Waals surface area contributed by atoms with Crippen molar-refractivity contribution < 1.29 is 19.1 Å². The minimum Gasteiger partial charge on any atom is -0.395 e. The van der Waals surface area contributed by atoms with Crippen LogP contribution in [0.2, 0.25) is 5.02 Å². The third-order valence-corrected chi connectivity index (χ3v) is 5.30. The standard InChI is InChI=1S/C23H26ClFN4O3/c1-23(2,3)20(22(32)26-11-12-30)27-21(31)18-16-5-4-6-17(24)19(16)29(28-18)13-14-7-9-15(25)10-8-14/h4-10,20,30H,11-13H2,1-3H3,(H,26,32)(H,27,31)/t20-/m1/s1. The Kier molecular flexibility index (Phi) is 7.16. The van der Waals surface area contributed by atoms with Crippen LogP contribution in [0.1, 0.15) is 36.8 Å². The van der Waals surface area contributed by atoms with Crippen molar-refractivity contribution in [3.63, 3.8) is 0 Å². The molecule has 3 aromatic rings. The Bertz CT molecular complexity index is 1120. The number of para-hydroxylation sites is 1. The van der Waals surface area contributed by atoms with Gasteiger partial charge in [-0.05, 0) is 29.2 Å². The minimum atomic E-state index is -0.849. The Morgan fingerprint density at radius 3 is 2.50 bits per heavy atom. The van der Waals surface area contributed by atoms with Crippen LogP contribution in [0, 0.1) is 11.2 Å². The number of hydrogen-bond donors (Lipinski definition) is 3. The van der Waals surface area contributed by atoms with Crippen LogP contribution < -0.4 is 10.6 Å². The van der Waals surface area contributed by atoms with Gasteiger partial charge in [-0.15, -0.1) is 0 Å². The lowest BCUT2D eigenvalue weighted by molar-refractivity contribution is -0.125. The van der Waals surface area contributed by atoms with Gasteiger partial charge >= 0.3 is 0 Å². The van der Waals surface area contributed by atoms with Gasteiger partial charge in [0.25, 0.3) is 5.91 Å². The zero-order chi connectivity index (χ0) is 23.5. The number of aliphatic hydroxyl groups excluding tert-OH is 1. The molecule has 0 spiro atoms. The Hall–Kier alpha value is -2.97. The van der Waals surface area contributed by atoms with E-state index in [4.69, 9.17) is 16.7 Å². The summed E-state index contributed by atoms with van der Waals surface area (Å²) in [7, 11) is 0. The van der Waals surface area contributed by atoms with E-state index in [0.717, 1.165) is 5.56 Å². The molecule has 0 unspecified atom stereocenters. The number of halogens is 2. The summed E-state index contributed by atoms with van der Waals surface area (Å²) in [6.07, 6.45) is 0. The van der Waals surface area contributed by atoms with Crippen LogP contribution >= 0.6 is 11.6 Å². The van der Waals surface area contributed by atoms with Gasteiger partial charge in [0.15, 0.2) is 5.69 Å². The molecule has 0 radical (unpaired) electrons. The highest BCUT2D eigenvalue weighted by Gasteiger charge is 2.34. The molecule has 0 saturated heterocycles. The first-order chi connectivity index (χ1) is 15.1. The fourth-order valence-corrected chi connectivity index (χ4v) is 3.67. The summed E-state index contributed by atoms with van der Waals surface area (Å²) < 4.78 is 14.9. The minimum absolute atomic E-state index is 0.0894. The van der Waals surface area contributed by atoms with E-state index in [1.165, 1.54) is 12.1 Å². The molecule has 1 aromatic heterocycles. The number of benzene rings is 2. The lowest BCUT2D eigenvalue weighted by atomic mass is 9.86. The summed E-state index contributed by atoms with van der Waals surface area (Å²) in [6.45, 7) is 5.67. The maximum atomic E-state index is 13.3. The number of aromatic nitrogens is 2. The van der Waals surface area contributed by atoms with Gasteiger partial charge in [-0.2, -0.15) is 5.10 Å². The second-order valence-electron chi connectivity index (χ2n) is 8.56. The first kappa shape index (κ1) is 23.7. The Labute approximate surface area is 190 Å². The lowest BCUT2D eigenvalue weighted by Gasteiger charge is -2.30. The summed E-state index contributed by atoms with van der Waals surface area (Å²) in [5.74, 6) is -1.26. The molecule has 0 aliphatic heterocycles. The average molecular weight is 461 g/mol. The van der Waals surface area contributed by atoms with Crippen molar-refractivity contribution in [2.75, 3.05) is 13.2 Å². The maximum absolute atomic E-state index is 13.3. The van der Waals surface area contributed by atoms with E-state index in [-0.39, 0.29) is 31.2 Å². The van der Waals surface area contributed by atoms with Crippen LogP contribution in [0.3, 0.4) is 0 Å². The van der Waals surface area contributed by atoms with Crippen molar-refractivity contribution in [2.24, 2.45) is 5.41 Å². The van der Waals surface area contributed by atoms with E-state index < -0.39 is 23.3 Å². The first-order valence-corrected chi connectivity index (χ1v) is 10.6. The molecule has 1 heterocycles. The fraction of sp³-hybridized carbons (Fsp3) is 0.348. The number of nitrogens with zero attached hydrogens (tertiary/aromatic N) is 2. The number of fused-ring (bicyclic) bond motifs is 1. The van der Waals surface area contributed by atoms with Crippen molar-refractivity contribution in [3.8, 4) is 0 Å². The number of hydrogen-bond acceptors (Lipinski definition) is 4. The van der Waals surface area contributed by atoms with Gasteiger partial charge in [0.1, 0.15) is 11.9 Å². The molecule has 0 bridgehead atoms. The molecule has 1 atom stereocenters. The average Bonchev–Trinajstić information content (AvgIpc) is 3.10. The van der Waals surface area contributed by atoms with Gasteiger partial charge in [0.05, 0.1) is 23.7 Å². The summed E-state index contributed by atoms with van der Waals surface area (Å²) >= 11 is 6.42. The second-order valence-corrected chi connectivity index (χ2v) is 8.96. The van der Waals surface area contributed by atoms with Crippen LogP contribution in [0.25, 0.3) is 10.9 Å². The van der Waals surface area contributed by atoms with E-state index in [9.17, 15) is 14.0 Å². The quantitative estimate of drug-likeness (QED) is 0.504. The second kappa shape index (κ2) is 9.67. The number of amides is 2. The third-order valence-electron chi connectivity index (χ3n) is 5.00. The van der Waals surface area contributed by atoms with Gasteiger partial charge in [0, 0.05) is 11.9 Å². The summed E-state index contributed by atoms with van der Waals surface area (Å²) in [6, 6.07) is 10.3. The van der Waals surface area contributed by atoms with Gasteiger partial charge in [0.2, 0.25) is 5.91 Å². The summed E-state index contributed by atoms with van der Waals surface area (Å²) in [4.78, 5) is 25.8. The molecule has 3 N–H and O–H groups in total. The van der Waals surface area contributed by atoms with Crippen LogP contribution in [0.5, 0.6) is 0 Å². The highest BCUT2D eigenvalue weighted by atomic mass is 35.5. The molecule has 0 aliphatic carbocycles. The van der Waals surface area contributed by atoms with Crippen molar-refractivity contribution in [3.05, 3.63) is 64.6 Å². The molecule has 0 saturated carbocycles. The fourth-order valence-electron chi connectivity index (χ4n) is 3.39. The van der Waals surface area contributed by atoms with Crippen molar-refractivity contribution in [1.29, 1.82) is 0 Å². The van der Waals surface area contributed by atoms with Crippen LogP contribution in [-0.4, -0.2) is 45.9 Å². The number of rotatable bonds is 7. The largest absolute Gasteiger partial charge is 0.395 e. The molecule has 2 amide bonds. The molecular weight excluding hydrogens is 435 g/mol. The SMILES string of the molecule is CC(C)(C)[C@H](NC(=O)c1nn(Cc2ccc(F)cc2)c2c(Cl)cccc12)C(=O)NCCO. The predicted molar refractivity (Wildman–Crippen MR) is 121 cm³/mol. The molecule has 9 heteroatoms. The normalized spacial score (nSPS) is 12.6. The summed E-state index contributed by atoms with van der Waals surface area (Å²) in [5, 5.41) is 19.8. The first-order valence-electron chi connectivity index (χ1n) is 10.2. The van der Waals surface area contributed by atoms with Crippen LogP contribution in [0.4, 0.5) is 4.39 Å². The number of nitrogens with one attached hydrogen (secondary N) is 2. The van der Waals surface area contributed by atoms with Crippen LogP contribution in [0.15, 0.2) is 42.5 Å². The third kappa shape index (κ3) is 5.26. The zero-order valence-corrected chi connectivity index (χ0v) is 18.9. The lowest BCUT2D eigenvalue weighted by Crippen LogP contribution is -2.54. The Morgan fingerprint density at radius 2 is 1.88 bits per heavy atom. The molecule has 3 rings (SSSR count). The summed E-state index contributed by atoms with van der Waals surface area (Å²) in [5.41, 5.74) is 0.910. The molecule has 170 valence electrons. The molecule has 32 heavy (non-hydrogen) atoms. The van der Waals surface area contributed by atoms with Crippen LogP contribution in [-0.2, 0) is 11.3 Å². The highest BCUT2D eigenvalue weighted by Crippen LogP contribution is 2.28. The van der Waals surface area contributed by atoms with Crippen molar-refractivity contribution >= 4 is 34.3 Å². The molecular formula is C23H26ClFN4O3. The molecule has 2 aromatic carbocycles. The van der Waals surface area contributed by atoms with Crippen molar-refractivity contribution in [1.82, 2.24) is 20.4 Å². The maximum Gasteiger partial charge on any atom is 0.273 e. The molecule has 0 fully saturated rings. The molecule has 7 nitrogen and oxygen atoms in total. The van der Waals surface area contributed by atoms with Gasteiger partial charge in [-0.1, -0.05) is 56.6 Å². The monoisotopic (exact) mass is 460 g/mol. The predicted octanol–water partition coefficient (Wildman–Crippen LogP) is 3.13. The van der Waals surface area contributed by atoms with Crippen molar-refractivity contribution in [2.45, 2.75) is 33.4 Å². The van der Waals surface area contributed by atoms with E-state index in [0.29, 0.717) is 15.9 Å².